The third-order valence-electron chi connectivity index (χ3n) is 4.42. The standard InChI is InChI=1S/C20H16F3NO3S/c1-13-15(12-25)10-19(14-6-8-18(9-7-14)28(2,26)27)24(13)17-5-3-4-16(11-17)20(21,22)23/h3-12H,1-2H3. The van der Waals surface area contributed by atoms with Gasteiger partial charge in [0, 0.05) is 23.2 Å². The lowest BCUT2D eigenvalue weighted by molar-refractivity contribution is -0.137. The first-order valence-electron chi connectivity index (χ1n) is 8.18. The zero-order valence-electron chi connectivity index (χ0n) is 15.0. The van der Waals surface area contributed by atoms with Crippen LogP contribution in [0.15, 0.2) is 59.5 Å². The highest BCUT2D eigenvalue weighted by atomic mass is 32.2. The summed E-state index contributed by atoms with van der Waals surface area (Å²) in [4.78, 5) is 11.5. The first-order valence-corrected chi connectivity index (χ1v) is 10.1. The number of carbonyl (C=O) groups is 1. The van der Waals surface area contributed by atoms with E-state index in [2.05, 4.69) is 0 Å². The average molecular weight is 407 g/mol. The van der Waals surface area contributed by atoms with Gasteiger partial charge in [0.2, 0.25) is 0 Å². The number of alkyl halides is 3. The van der Waals surface area contributed by atoms with Crippen molar-refractivity contribution in [3.05, 3.63) is 71.4 Å². The number of benzene rings is 2. The van der Waals surface area contributed by atoms with Crippen LogP contribution in [0.5, 0.6) is 0 Å². The fraction of sp³-hybridized carbons (Fsp3) is 0.150. The Bertz CT molecular complexity index is 1140. The third-order valence-corrected chi connectivity index (χ3v) is 5.55. The van der Waals surface area contributed by atoms with Crippen molar-refractivity contribution in [3.8, 4) is 16.9 Å². The highest BCUT2D eigenvalue weighted by molar-refractivity contribution is 7.90. The van der Waals surface area contributed by atoms with Crippen molar-refractivity contribution >= 4 is 16.1 Å². The molecule has 1 aromatic heterocycles. The fourth-order valence-electron chi connectivity index (χ4n) is 2.98. The lowest BCUT2D eigenvalue weighted by Gasteiger charge is -2.15. The monoisotopic (exact) mass is 407 g/mol. The minimum absolute atomic E-state index is 0.126. The molecular weight excluding hydrogens is 391 g/mol. The van der Waals surface area contributed by atoms with E-state index < -0.39 is 21.6 Å². The van der Waals surface area contributed by atoms with Crippen LogP contribution in [-0.2, 0) is 16.0 Å². The zero-order chi connectivity index (χ0) is 20.7. The minimum atomic E-state index is -4.50. The quantitative estimate of drug-likeness (QED) is 0.590. The van der Waals surface area contributed by atoms with E-state index in [-0.39, 0.29) is 10.6 Å². The summed E-state index contributed by atoms with van der Waals surface area (Å²) in [5, 5.41) is 0. The highest BCUT2D eigenvalue weighted by Crippen LogP contribution is 2.34. The third kappa shape index (κ3) is 3.73. The van der Waals surface area contributed by atoms with Crippen LogP contribution >= 0.6 is 0 Å². The molecule has 0 spiro atoms. The summed E-state index contributed by atoms with van der Waals surface area (Å²) in [5.74, 6) is 0. The summed E-state index contributed by atoms with van der Waals surface area (Å²) >= 11 is 0. The molecule has 0 amide bonds. The molecule has 3 rings (SSSR count). The van der Waals surface area contributed by atoms with Gasteiger partial charge in [0.05, 0.1) is 16.2 Å². The maximum atomic E-state index is 13.1. The molecule has 0 saturated carbocycles. The molecule has 3 aromatic rings. The minimum Gasteiger partial charge on any atom is -0.313 e. The van der Waals surface area contributed by atoms with E-state index in [0.717, 1.165) is 18.4 Å². The number of rotatable bonds is 4. The molecule has 2 aromatic carbocycles. The van der Waals surface area contributed by atoms with Crippen molar-refractivity contribution < 1.29 is 26.4 Å². The van der Waals surface area contributed by atoms with E-state index in [1.54, 1.807) is 29.7 Å². The molecule has 146 valence electrons. The zero-order valence-corrected chi connectivity index (χ0v) is 15.8. The lowest BCUT2D eigenvalue weighted by Crippen LogP contribution is -2.07. The number of hydrogen-bond acceptors (Lipinski definition) is 3. The Balaban J connectivity index is 2.21. The van der Waals surface area contributed by atoms with E-state index >= 15 is 0 Å². The number of carbonyl (C=O) groups excluding carboxylic acids is 1. The normalized spacial score (nSPS) is 12.2. The van der Waals surface area contributed by atoms with Gasteiger partial charge >= 0.3 is 6.18 Å². The Labute approximate surface area is 160 Å². The van der Waals surface area contributed by atoms with Crippen molar-refractivity contribution in [2.45, 2.75) is 18.0 Å². The Morgan fingerprint density at radius 3 is 2.18 bits per heavy atom. The van der Waals surface area contributed by atoms with Crippen molar-refractivity contribution in [2.24, 2.45) is 0 Å². The van der Waals surface area contributed by atoms with Gasteiger partial charge in [-0.25, -0.2) is 8.42 Å². The van der Waals surface area contributed by atoms with E-state index in [9.17, 15) is 26.4 Å². The van der Waals surface area contributed by atoms with Gasteiger partial charge < -0.3 is 4.57 Å². The molecule has 0 fully saturated rings. The van der Waals surface area contributed by atoms with Gasteiger partial charge in [-0.05, 0) is 48.9 Å². The SMILES string of the molecule is Cc1c(C=O)cc(-c2ccc(S(C)(=O)=O)cc2)n1-c1cccc(C(F)(F)F)c1. The second-order valence-corrected chi connectivity index (χ2v) is 8.38. The van der Waals surface area contributed by atoms with E-state index in [0.29, 0.717) is 28.8 Å². The topological polar surface area (TPSA) is 56.1 Å². The van der Waals surface area contributed by atoms with Crippen LogP contribution in [-0.4, -0.2) is 25.5 Å². The summed E-state index contributed by atoms with van der Waals surface area (Å²) in [6.07, 6.45) is -2.78. The predicted molar refractivity (Wildman–Crippen MR) is 99.4 cm³/mol. The molecular formula is C20H16F3NO3S. The number of hydrogen-bond donors (Lipinski definition) is 0. The smallest absolute Gasteiger partial charge is 0.313 e. The second-order valence-electron chi connectivity index (χ2n) is 6.37. The summed E-state index contributed by atoms with van der Waals surface area (Å²) < 4.78 is 64.2. The predicted octanol–water partition coefficient (Wildman–Crippen LogP) is 4.69. The van der Waals surface area contributed by atoms with Crippen LogP contribution in [0.2, 0.25) is 0 Å². The molecule has 0 atom stereocenters. The molecule has 1 heterocycles. The van der Waals surface area contributed by atoms with Crippen LogP contribution < -0.4 is 0 Å². The molecule has 0 aliphatic carbocycles. The summed E-state index contributed by atoms with van der Waals surface area (Å²) in [6, 6.07) is 12.3. The van der Waals surface area contributed by atoms with Crippen molar-refractivity contribution in [2.75, 3.05) is 6.26 Å². The number of halogens is 3. The first-order chi connectivity index (χ1) is 13.0. The molecule has 0 unspecified atom stereocenters. The summed E-state index contributed by atoms with van der Waals surface area (Å²) in [6.45, 7) is 1.64. The molecule has 0 aliphatic heterocycles. The van der Waals surface area contributed by atoms with Gasteiger partial charge in [-0.2, -0.15) is 13.2 Å². The Morgan fingerprint density at radius 2 is 1.64 bits per heavy atom. The Morgan fingerprint density at radius 1 is 1.00 bits per heavy atom. The number of aldehydes is 1. The van der Waals surface area contributed by atoms with Crippen molar-refractivity contribution in [1.29, 1.82) is 0 Å². The maximum Gasteiger partial charge on any atom is 0.416 e. The maximum absolute atomic E-state index is 13.1. The highest BCUT2D eigenvalue weighted by Gasteiger charge is 2.31. The largest absolute Gasteiger partial charge is 0.416 e. The van der Waals surface area contributed by atoms with Crippen molar-refractivity contribution in [1.82, 2.24) is 4.57 Å². The van der Waals surface area contributed by atoms with E-state index in [1.807, 2.05) is 0 Å². The molecule has 4 nitrogen and oxygen atoms in total. The van der Waals surface area contributed by atoms with Crippen LogP contribution in [0.4, 0.5) is 13.2 Å². The second kappa shape index (κ2) is 6.94. The van der Waals surface area contributed by atoms with Crippen LogP contribution in [0.25, 0.3) is 16.9 Å². The lowest BCUT2D eigenvalue weighted by atomic mass is 10.1. The van der Waals surface area contributed by atoms with Crippen molar-refractivity contribution in [3.63, 3.8) is 0 Å². The molecule has 8 heteroatoms. The average Bonchev–Trinajstić information content (AvgIpc) is 2.97. The molecule has 0 bridgehead atoms. The number of sulfone groups is 1. The van der Waals surface area contributed by atoms with Crippen LogP contribution in [0.1, 0.15) is 21.6 Å². The van der Waals surface area contributed by atoms with Crippen LogP contribution in [0.3, 0.4) is 0 Å². The van der Waals surface area contributed by atoms with Gasteiger partial charge in [-0.1, -0.05) is 18.2 Å². The van der Waals surface area contributed by atoms with Crippen LogP contribution in [0, 0.1) is 6.92 Å². The first kappa shape index (κ1) is 19.9. The molecule has 0 N–H and O–H groups in total. The number of aromatic nitrogens is 1. The van der Waals surface area contributed by atoms with Gasteiger partial charge in [0.1, 0.15) is 0 Å². The van der Waals surface area contributed by atoms with Gasteiger partial charge in [-0.3, -0.25) is 4.79 Å². The Kier molecular flexibility index (Phi) is 4.93. The van der Waals surface area contributed by atoms with E-state index in [4.69, 9.17) is 0 Å². The molecule has 0 aliphatic rings. The fourth-order valence-corrected chi connectivity index (χ4v) is 3.62. The van der Waals surface area contributed by atoms with Gasteiger partial charge in [-0.15, -0.1) is 0 Å². The Hall–Kier alpha value is -2.87. The number of nitrogens with zero attached hydrogens (tertiary/aromatic N) is 1. The summed E-state index contributed by atoms with van der Waals surface area (Å²) in [5.41, 5.74) is 1.32. The van der Waals surface area contributed by atoms with Gasteiger partial charge in [0.25, 0.3) is 0 Å². The molecule has 28 heavy (non-hydrogen) atoms. The summed E-state index contributed by atoms with van der Waals surface area (Å²) in [7, 11) is -3.38. The van der Waals surface area contributed by atoms with Gasteiger partial charge in [0.15, 0.2) is 16.1 Å². The van der Waals surface area contributed by atoms with E-state index in [1.165, 1.54) is 24.3 Å². The molecule has 0 radical (unpaired) electrons. The molecule has 0 saturated heterocycles.